The third-order valence-electron chi connectivity index (χ3n) is 17.1. The molecule has 11 aliphatic rings. The van der Waals surface area contributed by atoms with Crippen LogP contribution < -0.4 is 0 Å². The van der Waals surface area contributed by atoms with Gasteiger partial charge in [0.1, 0.15) is 6.10 Å². The fourth-order valence-electron chi connectivity index (χ4n) is 13.5. The number of unbranched alkanes of at least 4 members (excludes halogenated alkanes) is 1. The standard InChI is InChI=1S/C47H72O16/c1-24-13-15-32-27(4)34(56-42-46(32)30(24)17-19-44(7,58-42)60-62-46)22-39(50)54-36-21-37(41(53-29(36)6)52-26(3)11-9-10-12-38(48)49)55-40(51)23-35-28(5)33-16-14-25(2)31-18-20-45(8)59-43(57-35)47(31,33)63-61-45/h24-37,41-43H,9-23H2,1-8H3,(H,48,49)/t24-,25-,26-,27-,28-,29+,30+,31+,32+,33+,34-,35-,36-,37-,41-,42-,43-,44-,45-,46-,47-/m1/s1. The molecule has 0 aromatic rings. The number of rotatable bonds is 13. The fourth-order valence-corrected chi connectivity index (χ4v) is 13.5. The van der Waals surface area contributed by atoms with E-state index in [0.717, 1.165) is 38.5 Å². The van der Waals surface area contributed by atoms with E-state index in [4.69, 9.17) is 62.6 Å². The van der Waals surface area contributed by atoms with Crippen LogP contribution in [0.25, 0.3) is 0 Å². The van der Waals surface area contributed by atoms with Crippen LogP contribution in [0.2, 0.25) is 0 Å². The number of aliphatic carboxylic acids is 1. The second-order valence-corrected chi connectivity index (χ2v) is 21.4. The molecule has 63 heavy (non-hydrogen) atoms. The molecule has 2 saturated carbocycles. The predicted octanol–water partition coefficient (Wildman–Crippen LogP) is 7.28. The minimum atomic E-state index is -0.945. The summed E-state index contributed by atoms with van der Waals surface area (Å²) in [7, 11) is 0. The molecule has 9 aliphatic heterocycles. The summed E-state index contributed by atoms with van der Waals surface area (Å²) in [5, 5.41) is 9.12. The summed E-state index contributed by atoms with van der Waals surface area (Å²) in [5.41, 5.74) is -1.49. The molecule has 11 fully saturated rings. The van der Waals surface area contributed by atoms with Gasteiger partial charge in [0.15, 0.2) is 36.2 Å². The van der Waals surface area contributed by atoms with Gasteiger partial charge < -0.3 is 43.0 Å². The highest BCUT2D eigenvalue weighted by Crippen LogP contribution is 2.62. The molecule has 0 amide bonds. The lowest BCUT2D eigenvalue weighted by Gasteiger charge is -2.60. The number of ether oxygens (including phenoxy) is 8. The van der Waals surface area contributed by atoms with Crippen molar-refractivity contribution in [2.75, 3.05) is 0 Å². The Morgan fingerprint density at radius 2 is 1.16 bits per heavy atom. The van der Waals surface area contributed by atoms with Crippen LogP contribution in [0.1, 0.15) is 152 Å². The number of esters is 2. The van der Waals surface area contributed by atoms with Crippen molar-refractivity contribution in [3.8, 4) is 0 Å². The van der Waals surface area contributed by atoms with Gasteiger partial charge in [0.2, 0.25) is 11.6 Å². The predicted molar refractivity (Wildman–Crippen MR) is 218 cm³/mol. The Morgan fingerprint density at radius 1 is 0.651 bits per heavy atom. The Morgan fingerprint density at radius 3 is 1.67 bits per heavy atom. The number of carbonyl (C=O) groups excluding carboxylic acids is 2. The van der Waals surface area contributed by atoms with Crippen molar-refractivity contribution in [3.05, 3.63) is 0 Å². The van der Waals surface area contributed by atoms with E-state index < -0.39 is 90.1 Å². The highest BCUT2D eigenvalue weighted by atomic mass is 17.3. The number of carboxylic acid groups (broad SMARTS) is 1. The average molecular weight is 893 g/mol. The molecule has 9 heterocycles. The highest BCUT2D eigenvalue weighted by molar-refractivity contribution is 5.71. The summed E-state index contributed by atoms with van der Waals surface area (Å²) in [5.74, 6) is -2.37. The average Bonchev–Trinajstić information content (AvgIpc) is 3.60. The topological polar surface area (TPSA) is 182 Å². The van der Waals surface area contributed by atoms with Crippen LogP contribution in [-0.4, -0.2) is 101 Å². The van der Waals surface area contributed by atoms with E-state index >= 15 is 0 Å². The van der Waals surface area contributed by atoms with Gasteiger partial charge in [-0.25, -0.2) is 19.6 Å². The second-order valence-electron chi connectivity index (χ2n) is 21.4. The molecule has 356 valence electrons. The number of hydrogen-bond acceptors (Lipinski definition) is 15. The van der Waals surface area contributed by atoms with Gasteiger partial charge in [0.05, 0.1) is 37.3 Å². The SMILES string of the molecule is C[C@H]1[C@@H](CC(=O)O[C@@H]2C[C@@H](OC(=O)C[C@H]3O[C@@H]4O[C@@]5(C)CC[C@H]6[C@H](C)CC[C@@H]([C@H]3C)[C@@]46OO5)[C@H](C)O[C@H]2O[C@H](C)CCCCC(=O)O)O[C@@H]2O[C@@]3(C)CC[C@H]4[C@H](C)CC[C@@H]1[C@@]24OO3. The first-order valence-electron chi connectivity index (χ1n) is 24.3. The smallest absolute Gasteiger partial charge is 0.308 e. The molecule has 0 unspecified atom stereocenters. The molecule has 2 spiro atoms. The van der Waals surface area contributed by atoms with Crippen molar-refractivity contribution in [3.63, 3.8) is 0 Å². The zero-order valence-corrected chi connectivity index (χ0v) is 38.5. The van der Waals surface area contributed by atoms with Crippen molar-refractivity contribution in [2.24, 2.45) is 47.3 Å². The van der Waals surface area contributed by atoms with Crippen LogP contribution >= 0.6 is 0 Å². The first kappa shape index (κ1) is 46.1. The maximum atomic E-state index is 14.1. The Bertz CT molecular complexity index is 1700. The Hall–Kier alpha value is -1.99. The van der Waals surface area contributed by atoms with E-state index in [1.165, 1.54) is 0 Å². The summed E-state index contributed by atoms with van der Waals surface area (Å²) >= 11 is 0. The minimum absolute atomic E-state index is 0.00260. The van der Waals surface area contributed by atoms with E-state index in [1.54, 1.807) is 0 Å². The van der Waals surface area contributed by atoms with Crippen LogP contribution in [0, 0.1) is 47.3 Å². The molecule has 4 bridgehead atoms. The Labute approximate surface area is 371 Å². The molecular formula is C47H72O16. The van der Waals surface area contributed by atoms with Crippen LogP contribution in [-0.2, 0) is 71.8 Å². The third kappa shape index (κ3) is 8.40. The summed E-state index contributed by atoms with van der Waals surface area (Å²) in [4.78, 5) is 63.8. The molecule has 16 nitrogen and oxygen atoms in total. The van der Waals surface area contributed by atoms with Crippen molar-refractivity contribution in [2.45, 2.75) is 230 Å². The number of carboxylic acids is 1. The van der Waals surface area contributed by atoms with Crippen molar-refractivity contribution >= 4 is 17.9 Å². The maximum absolute atomic E-state index is 14.1. The van der Waals surface area contributed by atoms with Crippen LogP contribution in [0.15, 0.2) is 0 Å². The quantitative estimate of drug-likeness (QED) is 0.111. The van der Waals surface area contributed by atoms with E-state index in [9.17, 15) is 14.4 Å². The van der Waals surface area contributed by atoms with Crippen LogP contribution in [0.3, 0.4) is 0 Å². The Balaban J connectivity index is 0.873. The number of hydrogen-bond donors (Lipinski definition) is 1. The van der Waals surface area contributed by atoms with Gasteiger partial charge in [-0.2, -0.15) is 0 Å². The van der Waals surface area contributed by atoms with Gasteiger partial charge in [-0.3, -0.25) is 14.4 Å². The molecule has 21 atom stereocenters. The van der Waals surface area contributed by atoms with Crippen molar-refractivity contribution in [1.82, 2.24) is 0 Å². The van der Waals surface area contributed by atoms with Crippen molar-refractivity contribution < 1.29 is 76.9 Å². The zero-order valence-electron chi connectivity index (χ0n) is 38.5. The van der Waals surface area contributed by atoms with Gasteiger partial charge in [0.25, 0.3) is 0 Å². The molecule has 0 aromatic carbocycles. The van der Waals surface area contributed by atoms with Gasteiger partial charge in [-0.15, -0.1) is 0 Å². The van der Waals surface area contributed by atoms with Gasteiger partial charge >= 0.3 is 17.9 Å². The zero-order chi connectivity index (χ0) is 44.6. The molecular weight excluding hydrogens is 821 g/mol. The molecule has 16 heteroatoms. The van der Waals surface area contributed by atoms with Crippen molar-refractivity contribution in [1.29, 1.82) is 0 Å². The summed E-state index contributed by atoms with van der Waals surface area (Å²) in [6.07, 6.45) is 3.21. The van der Waals surface area contributed by atoms with E-state index in [2.05, 4.69) is 27.7 Å². The first-order chi connectivity index (χ1) is 29.9. The van der Waals surface area contributed by atoms with E-state index in [0.29, 0.717) is 43.9 Å². The van der Waals surface area contributed by atoms with Crippen LogP contribution in [0.4, 0.5) is 0 Å². The third-order valence-corrected chi connectivity index (χ3v) is 17.1. The molecule has 0 aromatic heterocycles. The maximum Gasteiger partial charge on any atom is 0.308 e. The summed E-state index contributed by atoms with van der Waals surface area (Å²) in [6.45, 7) is 16.2. The molecule has 0 radical (unpaired) electrons. The molecule has 2 aliphatic carbocycles. The summed E-state index contributed by atoms with van der Waals surface area (Å²) < 4.78 is 51.7. The molecule has 1 N–H and O–H groups in total. The lowest BCUT2D eigenvalue weighted by Crippen LogP contribution is -2.70. The minimum Gasteiger partial charge on any atom is -0.481 e. The highest BCUT2D eigenvalue weighted by Gasteiger charge is 2.71. The Kier molecular flexibility index (Phi) is 12.9. The van der Waals surface area contributed by atoms with Gasteiger partial charge in [-0.1, -0.05) is 34.1 Å². The summed E-state index contributed by atoms with van der Waals surface area (Å²) in [6, 6.07) is 0. The normalized spacial score (nSPS) is 50.3. The first-order valence-corrected chi connectivity index (χ1v) is 24.3. The molecule has 11 rings (SSSR count). The molecule has 9 saturated heterocycles. The number of fused-ring (bicyclic) bond motifs is 4. The lowest BCUT2D eigenvalue weighted by molar-refractivity contribution is -0.571. The fraction of sp³-hybridized carbons (Fsp3) is 0.936. The number of carbonyl (C=O) groups is 3. The van der Waals surface area contributed by atoms with Gasteiger partial charge in [0, 0.05) is 37.5 Å². The monoisotopic (exact) mass is 892 g/mol. The van der Waals surface area contributed by atoms with E-state index in [1.807, 2.05) is 27.7 Å². The van der Waals surface area contributed by atoms with Crippen LogP contribution in [0.5, 0.6) is 0 Å². The second kappa shape index (κ2) is 17.6. The van der Waals surface area contributed by atoms with Gasteiger partial charge in [-0.05, 0) is 115 Å². The largest absolute Gasteiger partial charge is 0.481 e. The van der Waals surface area contributed by atoms with E-state index in [-0.39, 0.29) is 67.3 Å². The lowest BCUT2D eigenvalue weighted by atomic mass is 9.57.